The van der Waals surface area contributed by atoms with Gasteiger partial charge in [-0.25, -0.2) is 0 Å². The fraction of sp³-hybridized carbons (Fsp3) is 0.857. The highest BCUT2D eigenvalue weighted by Crippen LogP contribution is 1.95. The summed E-state index contributed by atoms with van der Waals surface area (Å²) in [6, 6.07) is 0.305. The molecule has 1 heterocycles. The largest absolute Gasteiger partial charge is 0.383 e. The Bertz CT molecular complexity index is 128. The number of ether oxygens (including phenoxy) is 1. The standard InChI is InChI=1S/C7H14N2O2/c1-11-5-7-4-9(6-10)3-2-8-7/h6-8H,2-5H2,1H3. The van der Waals surface area contributed by atoms with Gasteiger partial charge in [0.05, 0.1) is 6.61 Å². The van der Waals surface area contributed by atoms with Gasteiger partial charge in [0.15, 0.2) is 0 Å². The van der Waals surface area contributed by atoms with Crippen LogP contribution in [0.2, 0.25) is 0 Å². The number of hydrogen-bond acceptors (Lipinski definition) is 3. The van der Waals surface area contributed by atoms with E-state index in [2.05, 4.69) is 5.32 Å². The molecular formula is C7H14N2O2. The van der Waals surface area contributed by atoms with Crippen molar-refractivity contribution in [2.24, 2.45) is 0 Å². The maximum atomic E-state index is 10.4. The number of amides is 1. The predicted octanol–water partition coefficient (Wildman–Crippen LogP) is -0.937. The van der Waals surface area contributed by atoms with Gasteiger partial charge in [0, 0.05) is 32.8 Å². The summed E-state index contributed by atoms with van der Waals surface area (Å²) in [5, 5.41) is 3.26. The van der Waals surface area contributed by atoms with Crippen molar-refractivity contribution in [2.45, 2.75) is 6.04 Å². The molecule has 1 aliphatic heterocycles. The van der Waals surface area contributed by atoms with Gasteiger partial charge in [0.2, 0.25) is 6.41 Å². The van der Waals surface area contributed by atoms with Gasteiger partial charge in [-0.15, -0.1) is 0 Å². The zero-order valence-corrected chi connectivity index (χ0v) is 6.75. The quantitative estimate of drug-likeness (QED) is 0.539. The summed E-state index contributed by atoms with van der Waals surface area (Å²) >= 11 is 0. The molecule has 0 aromatic rings. The van der Waals surface area contributed by atoms with Crippen LogP contribution in [0.25, 0.3) is 0 Å². The molecule has 4 heteroatoms. The summed E-state index contributed by atoms with van der Waals surface area (Å²) in [7, 11) is 1.67. The number of piperazine rings is 1. The van der Waals surface area contributed by atoms with Crippen LogP contribution in [0.5, 0.6) is 0 Å². The lowest BCUT2D eigenvalue weighted by Gasteiger charge is -2.30. The first-order chi connectivity index (χ1) is 5.36. The average molecular weight is 158 g/mol. The topological polar surface area (TPSA) is 41.6 Å². The van der Waals surface area contributed by atoms with Crippen LogP contribution in [0.1, 0.15) is 0 Å². The third kappa shape index (κ3) is 2.48. The number of hydrogen-bond donors (Lipinski definition) is 1. The highest BCUT2D eigenvalue weighted by molar-refractivity contribution is 5.47. The average Bonchev–Trinajstić information content (AvgIpc) is 2.06. The van der Waals surface area contributed by atoms with Crippen LogP contribution in [-0.4, -0.2) is 50.7 Å². The van der Waals surface area contributed by atoms with E-state index in [0.29, 0.717) is 12.6 Å². The molecule has 1 rings (SSSR count). The van der Waals surface area contributed by atoms with E-state index in [-0.39, 0.29) is 0 Å². The molecule has 1 atom stereocenters. The molecule has 1 amide bonds. The number of nitrogens with zero attached hydrogens (tertiary/aromatic N) is 1. The Labute approximate surface area is 66.5 Å². The third-order valence-electron chi connectivity index (χ3n) is 1.80. The van der Waals surface area contributed by atoms with Gasteiger partial charge < -0.3 is 15.0 Å². The summed E-state index contributed by atoms with van der Waals surface area (Å²) in [5.74, 6) is 0. The van der Waals surface area contributed by atoms with Gasteiger partial charge in [0.25, 0.3) is 0 Å². The van der Waals surface area contributed by atoms with Crippen molar-refractivity contribution in [2.75, 3.05) is 33.4 Å². The minimum Gasteiger partial charge on any atom is -0.383 e. The van der Waals surface area contributed by atoms with E-state index >= 15 is 0 Å². The van der Waals surface area contributed by atoms with Crippen molar-refractivity contribution in [3.8, 4) is 0 Å². The lowest BCUT2D eigenvalue weighted by molar-refractivity contribution is -0.119. The van der Waals surface area contributed by atoms with E-state index in [1.807, 2.05) is 0 Å². The van der Waals surface area contributed by atoms with Crippen LogP contribution in [-0.2, 0) is 9.53 Å². The first-order valence-corrected chi connectivity index (χ1v) is 3.78. The third-order valence-corrected chi connectivity index (χ3v) is 1.80. The van der Waals surface area contributed by atoms with E-state index in [4.69, 9.17) is 4.74 Å². The van der Waals surface area contributed by atoms with Crippen molar-refractivity contribution in [1.82, 2.24) is 10.2 Å². The minimum absolute atomic E-state index is 0.305. The zero-order chi connectivity index (χ0) is 8.10. The van der Waals surface area contributed by atoms with E-state index < -0.39 is 0 Å². The molecule has 0 aromatic heterocycles. The molecule has 1 saturated heterocycles. The lowest BCUT2D eigenvalue weighted by Crippen LogP contribution is -2.51. The Hall–Kier alpha value is -0.610. The minimum atomic E-state index is 0.305. The van der Waals surface area contributed by atoms with E-state index in [9.17, 15) is 4.79 Å². The van der Waals surface area contributed by atoms with E-state index in [1.54, 1.807) is 12.0 Å². The number of methoxy groups -OCH3 is 1. The Balaban J connectivity index is 2.27. The molecule has 11 heavy (non-hydrogen) atoms. The second-order valence-electron chi connectivity index (χ2n) is 2.71. The summed E-state index contributed by atoms with van der Waals surface area (Å²) in [6.45, 7) is 3.11. The smallest absolute Gasteiger partial charge is 0.209 e. The van der Waals surface area contributed by atoms with Gasteiger partial charge in [0.1, 0.15) is 0 Å². The highest BCUT2D eigenvalue weighted by Gasteiger charge is 2.16. The monoisotopic (exact) mass is 158 g/mol. The van der Waals surface area contributed by atoms with Gasteiger partial charge in [-0.2, -0.15) is 0 Å². The molecule has 0 aliphatic carbocycles. The molecule has 1 fully saturated rings. The molecule has 0 bridgehead atoms. The normalized spacial score (nSPS) is 25.2. The van der Waals surface area contributed by atoms with Crippen molar-refractivity contribution in [3.63, 3.8) is 0 Å². The second kappa shape index (κ2) is 4.31. The molecule has 0 saturated carbocycles. The highest BCUT2D eigenvalue weighted by atomic mass is 16.5. The zero-order valence-electron chi connectivity index (χ0n) is 6.75. The molecule has 1 N–H and O–H groups in total. The predicted molar refractivity (Wildman–Crippen MR) is 41.3 cm³/mol. The fourth-order valence-electron chi connectivity index (χ4n) is 1.26. The second-order valence-corrected chi connectivity index (χ2v) is 2.71. The van der Waals surface area contributed by atoms with Gasteiger partial charge >= 0.3 is 0 Å². The number of carbonyl (C=O) groups is 1. The molecule has 1 unspecified atom stereocenters. The summed E-state index contributed by atoms with van der Waals surface area (Å²) in [6.07, 6.45) is 0.892. The summed E-state index contributed by atoms with van der Waals surface area (Å²) in [5.41, 5.74) is 0. The molecule has 4 nitrogen and oxygen atoms in total. The van der Waals surface area contributed by atoms with Crippen molar-refractivity contribution < 1.29 is 9.53 Å². The SMILES string of the molecule is COCC1CN(C=O)CCN1. The van der Waals surface area contributed by atoms with Crippen molar-refractivity contribution in [1.29, 1.82) is 0 Å². The van der Waals surface area contributed by atoms with Gasteiger partial charge in [-0.05, 0) is 0 Å². The maximum absolute atomic E-state index is 10.4. The maximum Gasteiger partial charge on any atom is 0.209 e. The fourth-order valence-corrected chi connectivity index (χ4v) is 1.26. The Kier molecular flexibility index (Phi) is 3.32. The molecule has 1 aliphatic rings. The van der Waals surface area contributed by atoms with Crippen LogP contribution in [0.3, 0.4) is 0 Å². The molecule has 64 valence electrons. The Morgan fingerprint density at radius 2 is 2.64 bits per heavy atom. The lowest BCUT2D eigenvalue weighted by atomic mass is 10.2. The Morgan fingerprint density at radius 1 is 1.82 bits per heavy atom. The van der Waals surface area contributed by atoms with Crippen LogP contribution < -0.4 is 5.32 Å². The van der Waals surface area contributed by atoms with Crippen LogP contribution >= 0.6 is 0 Å². The van der Waals surface area contributed by atoms with Crippen LogP contribution in [0.4, 0.5) is 0 Å². The van der Waals surface area contributed by atoms with Crippen LogP contribution in [0.15, 0.2) is 0 Å². The molecular weight excluding hydrogens is 144 g/mol. The van der Waals surface area contributed by atoms with Gasteiger partial charge in [-0.3, -0.25) is 4.79 Å². The Morgan fingerprint density at radius 3 is 3.27 bits per heavy atom. The molecule has 0 spiro atoms. The summed E-state index contributed by atoms with van der Waals surface area (Å²) in [4.78, 5) is 12.1. The molecule has 0 aromatic carbocycles. The van der Waals surface area contributed by atoms with Crippen molar-refractivity contribution in [3.05, 3.63) is 0 Å². The van der Waals surface area contributed by atoms with Crippen molar-refractivity contribution >= 4 is 6.41 Å². The van der Waals surface area contributed by atoms with E-state index in [1.165, 1.54) is 0 Å². The van der Waals surface area contributed by atoms with E-state index in [0.717, 1.165) is 26.0 Å². The number of rotatable bonds is 3. The van der Waals surface area contributed by atoms with Gasteiger partial charge in [-0.1, -0.05) is 0 Å². The summed E-state index contributed by atoms with van der Waals surface area (Å²) < 4.78 is 4.97. The molecule has 0 radical (unpaired) electrons. The van der Waals surface area contributed by atoms with Crippen LogP contribution in [0, 0.1) is 0 Å². The number of carbonyl (C=O) groups excluding carboxylic acids is 1. The number of nitrogens with one attached hydrogen (secondary N) is 1. The first-order valence-electron chi connectivity index (χ1n) is 3.78. The first kappa shape index (κ1) is 8.49.